The number of fused-ring (bicyclic) bond motifs is 1. The van der Waals surface area contributed by atoms with Crippen LogP contribution in [0.2, 0.25) is 0 Å². The Balaban J connectivity index is 2.10. The molecule has 2 rings (SSSR count). The lowest BCUT2D eigenvalue weighted by Crippen LogP contribution is -2.14. The Morgan fingerprint density at radius 3 is 2.78 bits per heavy atom. The number of carbonyl (C=O) groups excluding carboxylic acids is 1. The second kappa shape index (κ2) is 5.27. The SMILES string of the molecule is COC(=O)CCC(N)c1cc2c(cc1C)OCO2. The summed E-state index contributed by atoms with van der Waals surface area (Å²) in [6.45, 7) is 2.21. The molecule has 0 spiro atoms. The maximum absolute atomic E-state index is 11.1. The lowest BCUT2D eigenvalue weighted by atomic mass is 9.97. The van der Waals surface area contributed by atoms with Gasteiger partial charge in [-0.05, 0) is 36.6 Å². The minimum atomic E-state index is -0.246. The summed E-state index contributed by atoms with van der Waals surface area (Å²) in [7, 11) is 1.37. The van der Waals surface area contributed by atoms with Crippen molar-refractivity contribution in [1.29, 1.82) is 0 Å². The van der Waals surface area contributed by atoms with Crippen LogP contribution in [0, 0.1) is 6.92 Å². The van der Waals surface area contributed by atoms with Crippen molar-refractivity contribution in [3.8, 4) is 11.5 Å². The first-order chi connectivity index (χ1) is 8.61. The van der Waals surface area contributed by atoms with Crippen LogP contribution in [0.5, 0.6) is 11.5 Å². The van der Waals surface area contributed by atoms with E-state index in [1.165, 1.54) is 7.11 Å². The van der Waals surface area contributed by atoms with Gasteiger partial charge < -0.3 is 19.9 Å². The lowest BCUT2D eigenvalue weighted by Gasteiger charge is -2.15. The standard InChI is InChI=1S/C13H17NO4/c1-8-5-11-12(18-7-17-11)6-9(8)10(14)3-4-13(15)16-2/h5-6,10H,3-4,7,14H2,1-2H3. The molecule has 0 radical (unpaired) electrons. The summed E-state index contributed by atoms with van der Waals surface area (Å²) in [5.41, 5.74) is 8.10. The predicted octanol–water partition coefficient (Wildman–Crippen LogP) is 1.68. The van der Waals surface area contributed by atoms with Crippen molar-refractivity contribution in [2.75, 3.05) is 13.9 Å². The second-order valence-corrected chi connectivity index (χ2v) is 4.28. The van der Waals surface area contributed by atoms with E-state index in [1.807, 2.05) is 19.1 Å². The number of hydrogen-bond donors (Lipinski definition) is 1. The molecule has 0 aromatic heterocycles. The van der Waals surface area contributed by atoms with Crippen LogP contribution in [0.3, 0.4) is 0 Å². The van der Waals surface area contributed by atoms with Gasteiger partial charge in [0.15, 0.2) is 11.5 Å². The normalized spacial score (nSPS) is 14.4. The Morgan fingerprint density at radius 2 is 2.11 bits per heavy atom. The van der Waals surface area contributed by atoms with E-state index in [9.17, 15) is 4.79 Å². The van der Waals surface area contributed by atoms with Crippen LogP contribution in [0.1, 0.15) is 30.0 Å². The summed E-state index contributed by atoms with van der Waals surface area (Å²) in [4.78, 5) is 11.1. The lowest BCUT2D eigenvalue weighted by molar-refractivity contribution is -0.140. The number of carbonyl (C=O) groups is 1. The minimum Gasteiger partial charge on any atom is -0.469 e. The molecule has 0 bridgehead atoms. The number of nitrogens with two attached hydrogens (primary N) is 1. The summed E-state index contributed by atoms with van der Waals surface area (Å²) in [5, 5.41) is 0. The highest BCUT2D eigenvalue weighted by Crippen LogP contribution is 2.36. The second-order valence-electron chi connectivity index (χ2n) is 4.28. The van der Waals surface area contributed by atoms with E-state index in [-0.39, 0.29) is 18.8 Å². The molecule has 98 valence electrons. The number of ether oxygens (including phenoxy) is 3. The average Bonchev–Trinajstić information content (AvgIpc) is 2.81. The van der Waals surface area contributed by atoms with Crippen molar-refractivity contribution in [1.82, 2.24) is 0 Å². The van der Waals surface area contributed by atoms with Crippen LogP contribution in [-0.4, -0.2) is 19.9 Å². The molecular weight excluding hydrogens is 234 g/mol. The van der Waals surface area contributed by atoms with Gasteiger partial charge in [-0.3, -0.25) is 4.79 Å². The first-order valence-electron chi connectivity index (χ1n) is 5.84. The molecule has 0 fully saturated rings. The van der Waals surface area contributed by atoms with Gasteiger partial charge in [0, 0.05) is 12.5 Å². The van der Waals surface area contributed by atoms with Gasteiger partial charge in [-0.25, -0.2) is 0 Å². The number of aryl methyl sites for hydroxylation is 1. The molecule has 0 saturated heterocycles. The summed E-state index contributed by atoms with van der Waals surface area (Å²) >= 11 is 0. The van der Waals surface area contributed by atoms with Crippen LogP contribution in [0.15, 0.2) is 12.1 Å². The number of esters is 1. The van der Waals surface area contributed by atoms with Gasteiger partial charge in [-0.15, -0.1) is 0 Å². The molecule has 1 aromatic rings. The molecule has 5 nitrogen and oxygen atoms in total. The summed E-state index contributed by atoms with van der Waals surface area (Å²) in [6.07, 6.45) is 0.860. The van der Waals surface area contributed by atoms with Crippen LogP contribution < -0.4 is 15.2 Å². The molecule has 1 atom stereocenters. The van der Waals surface area contributed by atoms with Crippen molar-refractivity contribution >= 4 is 5.97 Å². The number of rotatable bonds is 4. The minimum absolute atomic E-state index is 0.210. The van der Waals surface area contributed by atoms with E-state index >= 15 is 0 Å². The fraction of sp³-hybridized carbons (Fsp3) is 0.462. The van der Waals surface area contributed by atoms with Gasteiger partial charge in [0.05, 0.1) is 7.11 Å². The van der Waals surface area contributed by atoms with E-state index in [2.05, 4.69) is 4.74 Å². The van der Waals surface area contributed by atoms with Gasteiger partial charge in [-0.2, -0.15) is 0 Å². The van der Waals surface area contributed by atoms with Crippen LogP contribution in [-0.2, 0) is 9.53 Å². The number of benzene rings is 1. The highest BCUT2D eigenvalue weighted by Gasteiger charge is 2.19. The summed E-state index contributed by atoms with van der Waals surface area (Å²) < 4.78 is 15.2. The Kier molecular flexibility index (Phi) is 3.72. The molecule has 1 aliphatic heterocycles. The average molecular weight is 251 g/mol. The molecule has 0 amide bonds. The van der Waals surface area contributed by atoms with Crippen molar-refractivity contribution in [2.45, 2.75) is 25.8 Å². The summed E-state index contributed by atoms with van der Waals surface area (Å²) in [6, 6.07) is 3.59. The third-order valence-corrected chi connectivity index (χ3v) is 3.05. The Morgan fingerprint density at radius 1 is 1.44 bits per heavy atom. The predicted molar refractivity (Wildman–Crippen MR) is 65.5 cm³/mol. The smallest absolute Gasteiger partial charge is 0.305 e. The van der Waals surface area contributed by atoms with Gasteiger partial charge in [0.2, 0.25) is 6.79 Å². The van der Waals surface area contributed by atoms with E-state index < -0.39 is 0 Å². The van der Waals surface area contributed by atoms with Gasteiger partial charge in [-0.1, -0.05) is 0 Å². The highest BCUT2D eigenvalue weighted by atomic mass is 16.7. The molecule has 1 aromatic carbocycles. The van der Waals surface area contributed by atoms with Crippen molar-refractivity contribution < 1.29 is 19.0 Å². The zero-order chi connectivity index (χ0) is 13.1. The Bertz CT molecular complexity index is 459. The maximum Gasteiger partial charge on any atom is 0.305 e. The van der Waals surface area contributed by atoms with Crippen molar-refractivity contribution in [3.05, 3.63) is 23.3 Å². The highest BCUT2D eigenvalue weighted by molar-refractivity contribution is 5.69. The molecule has 0 aliphatic carbocycles. The topological polar surface area (TPSA) is 70.8 Å². The van der Waals surface area contributed by atoms with Crippen LogP contribution in [0.25, 0.3) is 0 Å². The number of methoxy groups -OCH3 is 1. The molecule has 1 unspecified atom stereocenters. The maximum atomic E-state index is 11.1. The van der Waals surface area contributed by atoms with Gasteiger partial charge in [0.25, 0.3) is 0 Å². The molecule has 1 heterocycles. The molecule has 1 aliphatic rings. The van der Waals surface area contributed by atoms with E-state index in [0.29, 0.717) is 18.6 Å². The molecular formula is C13H17NO4. The van der Waals surface area contributed by atoms with E-state index in [0.717, 1.165) is 16.9 Å². The van der Waals surface area contributed by atoms with Crippen molar-refractivity contribution in [2.24, 2.45) is 5.73 Å². The molecule has 18 heavy (non-hydrogen) atoms. The fourth-order valence-corrected chi connectivity index (χ4v) is 1.99. The van der Waals surface area contributed by atoms with E-state index in [4.69, 9.17) is 15.2 Å². The van der Waals surface area contributed by atoms with Gasteiger partial charge in [0.1, 0.15) is 0 Å². The first-order valence-corrected chi connectivity index (χ1v) is 5.84. The van der Waals surface area contributed by atoms with Gasteiger partial charge >= 0.3 is 5.97 Å². The van der Waals surface area contributed by atoms with Crippen LogP contribution in [0.4, 0.5) is 0 Å². The fourth-order valence-electron chi connectivity index (χ4n) is 1.99. The zero-order valence-electron chi connectivity index (χ0n) is 10.6. The van der Waals surface area contributed by atoms with Crippen LogP contribution >= 0.6 is 0 Å². The zero-order valence-corrected chi connectivity index (χ0v) is 10.6. The first kappa shape index (κ1) is 12.7. The molecule has 5 heteroatoms. The third-order valence-electron chi connectivity index (χ3n) is 3.05. The summed E-state index contributed by atoms with van der Waals surface area (Å²) in [5.74, 6) is 1.21. The quantitative estimate of drug-likeness (QED) is 0.824. The number of hydrogen-bond acceptors (Lipinski definition) is 5. The Hall–Kier alpha value is -1.75. The molecule has 0 saturated carbocycles. The monoisotopic (exact) mass is 251 g/mol. The van der Waals surface area contributed by atoms with E-state index in [1.54, 1.807) is 0 Å². The largest absolute Gasteiger partial charge is 0.469 e. The molecule has 2 N–H and O–H groups in total. The Labute approximate surface area is 106 Å². The third kappa shape index (κ3) is 2.56. The van der Waals surface area contributed by atoms with Crippen molar-refractivity contribution in [3.63, 3.8) is 0 Å².